The van der Waals surface area contributed by atoms with Crippen LogP contribution in [0.4, 0.5) is 0 Å². The second kappa shape index (κ2) is 3.92. The van der Waals surface area contributed by atoms with E-state index in [1.165, 1.54) is 17.4 Å². The first-order valence-electron chi connectivity index (χ1n) is 4.26. The molecule has 0 bridgehead atoms. The second-order valence-corrected chi connectivity index (χ2v) is 4.77. The maximum atomic E-state index is 11.0. The summed E-state index contributed by atoms with van der Waals surface area (Å²) < 4.78 is 0. The van der Waals surface area contributed by atoms with Gasteiger partial charge in [0.05, 0.1) is 10.4 Å². The highest BCUT2D eigenvalue weighted by Gasteiger charge is 2.30. The molecular weight excluding hydrogens is 198 g/mol. The summed E-state index contributed by atoms with van der Waals surface area (Å²) in [6.07, 6.45) is 3.66. The highest BCUT2D eigenvalue weighted by Crippen LogP contribution is 2.26. The number of aromatic nitrogens is 1. The van der Waals surface area contributed by atoms with Gasteiger partial charge >= 0.3 is 5.97 Å². The molecule has 0 aliphatic heterocycles. The minimum absolute atomic E-state index is 0.456. The maximum absolute atomic E-state index is 11.0. The van der Waals surface area contributed by atoms with Gasteiger partial charge in [0.2, 0.25) is 0 Å². The number of rotatable bonds is 4. The first kappa shape index (κ1) is 10.9. The second-order valence-electron chi connectivity index (χ2n) is 3.45. The number of hydrogen-bond donors (Lipinski definition) is 1. The molecule has 0 spiro atoms. The van der Waals surface area contributed by atoms with E-state index in [-0.39, 0.29) is 0 Å². The summed E-state index contributed by atoms with van der Waals surface area (Å²) in [5.41, 5.74) is -0.890. The molecule has 0 radical (unpaired) electrons. The molecule has 0 aliphatic carbocycles. The zero-order valence-corrected chi connectivity index (χ0v) is 9.10. The van der Waals surface area contributed by atoms with Gasteiger partial charge in [0.15, 0.2) is 0 Å². The van der Waals surface area contributed by atoms with Crippen molar-refractivity contribution >= 4 is 17.3 Å². The highest BCUT2D eigenvalue weighted by atomic mass is 32.1. The molecule has 0 amide bonds. The molecule has 0 saturated carbocycles. The monoisotopic (exact) mass is 211 g/mol. The van der Waals surface area contributed by atoms with Gasteiger partial charge in [-0.3, -0.25) is 4.79 Å². The van der Waals surface area contributed by atoms with Crippen molar-refractivity contribution in [1.82, 2.24) is 4.98 Å². The van der Waals surface area contributed by atoms with Crippen molar-refractivity contribution in [3.05, 3.63) is 28.7 Å². The van der Waals surface area contributed by atoms with Gasteiger partial charge < -0.3 is 5.11 Å². The molecule has 76 valence electrons. The van der Waals surface area contributed by atoms with Gasteiger partial charge in [-0.1, -0.05) is 6.08 Å². The number of carbonyl (C=O) groups is 1. The van der Waals surface area contributed by atoms with Gasteiger partial charge in [-0.25, -0.2) is 4.98 Å². The number of carboxylic acid groups (broad SMARTS) is 1. The summed E-state index contributed by atoms with van der Waals surface area (Å²) in [6.45, 7) is 7.13. The van der Waals surface area contributed by atoms with Gasteiger partial charge in [-0.2, -0.15) is 0 Å². The molecule has 4 heteroatoms. The molecule has 3 nitrogen and oxygen atoms in total. The molecule has 1 N–H and O–H groups in total. The maximum Gasteiger partial charge on any atom is 0.313 e. The number of carboxylic acids is 1. The Bertz CT molecular complexity index is 359. The Hall–Kier alpha value is -1.16. The molecule has 0 saturated heterocycles. The molecule has 0 fully saturated rings. The van der Waals surface area contributed by atoms with Crippen LogP contribution >= 0.6 is 11.3 Å². The van der Waals surface area contributed by atoms with Gasteiger partial charge in [0.1, 0.15) is 0 Å². The Kier molecular flexibility index (Phi) is 3.06. The zero-order chi connectivity index (χ0) is 10.8. The molecule has 1 atom stereocenters. The summed E-state index contributed by atoms with van der Waals surface area (Å²) in [7, 11) is 0. The Morgan fingerprint density at radius 1 is 1.86 bits per heavy atom. The van der Waals surface area contributed by atoms with Gasteiger partial charge in [0, 0.05) is 17.5 Å². The predicted octanol–water partition coefficient (Wildman–Crippen LogP) is 2.27. The van der Waals surface area contributed by atoms with E-state index in [9.17, 15) is 4.79 Å². The Balaban J connectivity index is 2.85. The molecule has 0 aromatic carbocycles. The van der Waals surface area contributed by atoms with E-state index in [0.29, 0.717) is 6.42 Å². The fraction of sp³-hybridized carbons (Fsp3) is 0.400. The zero-order valence-electron chi connectivity index (χ0n) is 8.28. The summed E-state index contributed by atoms with van der Waals surface area (Å²) in [4.78, 5) is 16.0. The van der Waals surface area contributed by atoms with E-state index < -0.39 is 11.4 Å². The van der Waals surface area contributed by atoms with Crippen molar-refractivity contribution in [3.8, 4) is 0 Å². The smallest absolute Gasteiger partial charge is 0.313 e. The Morgan fingerprint density at radius 3 is 2.86 bits per heavy atom. The van der Waals surface area contributed by atoms with Gasteiger partial charge in [-0.15, -0.1) is 17.9 Å². The van der Waals surface area contributed by atoms with Crippen molar-refractivity contribution in [1.29, 1.82) is 0 Å². The van der Waals surface area contributed by atoms with Crippen LogP contribution in [0, 0.1) is 12.3 Å². The molecule has 14 heavy (non-hydrogen) atoms. The molecular formula is C10H13NO2S. The van der Waals surface area contributed by atoms with Gasteiger partial charge in [-0.05, 0) is 13.8 Å². The molecule has 1 heterocycles. The lowest BCUT2D eigenvalue weighted by molar-refractivity contribution is -0.145. The normalized spacial score (nSPS) is 14.7. The lowest BCUT2D eigenvalue weighted by atomic mass is 9.87. The molecule has 1 aromatic heterocycles. The third-order valence-electron chi connectivity index (χ3n) is 2.15. The number of hydrogen-bond acceptors (Lipinski definition) is 3. The minimum Gasteiger partial charge on any atom is -0.481 e. The van der Waals surface area contributed by atoms with E-state index in [2.05, 4.69) is 11.6 Å². The van der Waals surface area contributed by atoms with Crippen LogP contribution in [-0.4, -0.2) is 16.1 Å². The van der Waals surface area contributed by atoms with Crippen molar-refractivity contribution in [2.75, 3.05) is 0 Å². The van der Waals surface area contributed by atoms with Crippen LogP contribution in [0.3, 0.4) is 0 Å². The van der Waals surface area contributed by atoms with Crippen LogP contribution in [-0.2, 0) is 11.2 Å². The van der Waals surface area contributed by atoms with Crippen LogP contribution in [0.2, 0.25) is 0 Å². The number of nitrogens with zero attached hydrogens (tertiary/aromatic N) is 1. The third-order valence-corrected chi connectivity index (χ3v) is 3.06. The fourth-order valence-corrected chi connectivity index (χ4v) is 2.05. The third kappa shape index (κ3) is 2.20. The summed E-state index contributed by atoms with van der Waals surface area (Å²) >= 11 is 1.53. The first-order valence-corrected chi connectivity index (χ1v) is 5.08. The quantitative estimate of drug-likeness (QED) is 0.777. The topological polar surface area (TPSA) is 50.2 Å². The van der Waals surface area contributed by atoms with E-state index in [1.807, 2.05) is 6.92 Å². The number of aliphatic carboxylic acids is 1. The minimum atomic E-state index is -0.890. The number of thiazole rings is 1. The van der Waals surface area contributed by atoms with Crippen molar-refractivity contribution < 1.29 is 9.90 Å². The van der Waals surface area contributed by atoms with Crippen LogP contribution in [0.15, 0.2) is 18.9 Å². The summed E-state index contributed by atoms with van der Waals surface area (Å²) in [5, 5.41) is 9.97. The largest absolute Gasteiger partial charge is 0.481 e. The summed E-state index contributed by atoms with van der Waals surface area (Å²) in [5.74, 6) is -0.849. The molecule has 1 aromatic rings. The van der Waals surface area contributed by atoms with Crippen LogP contribution < -0.4 is 0 Å². The van der Waals surface area contributed by atoms with Crippen LogP contribution in [0.1, 0.15) is 16.8 Å². The highest BCUT2D eigenvalue weighted by molar-refractivity contribution is 7.11. The lowest BCUT2D eigenvalue weighted by Crippen LogP contribution is -2.27. The Morgan fingerprint density at radius 2 is 2.50 bits per heavy atom. The van der Waals surface area contributed by atoms with E-state index in [1.54, 1.807) is 13.1 Å². The van der Waals surface area contributed by atoms with Crippen molar-refractivity contribution in [2.45, 2.75) is 20.3 Å². The van der Waals surface area contributed by atoms with E-state index in [4.69, 9.17) is 5.11 Å². The Labute approximate surface area is 87.1 Å². The lowest BCUT2D eigenvalue weighted by Gasteiger charge is -2.18. The molecule has 1 unspecified atom stereocenters. The number of aryl methyl sites for hydroxylation is 1. The van der Waals surface area contributed by atoms with Gasteiger partial charge in [0.25, 0.3) is 0 Å². The average Bonchev–Trinajstić information content (AvgIpc) is 2.50. The predicted molar refractivity (Wildman–Crippen MR) is 56.5 cm³/mol. The fourth-order valence-electron chi connectivity index (χ4n) is 1.08. The molecule has 1 rings (SSSR count). The summed E-state index contributed by atoms with van der Waals surface area (Å²) in [6, 6.07) is 0. The van der Waals surface area contributed by atoms with E-state index >= 15 is 0 Å². The van der Waals surface area contributed by atoms with E-state index in [0.717, 1.165) is 9.88 Å². The van der Waals surface area contributed by atoms with Crippen LogP contribution in [0.5, 0.6) is 0 Å². The van der Waals surface area contributed by atoms with Crippen LogP contribution in [0.25, 0.3) is 0 Å². The molecule has 0 aliphatic rings. The first-order chi connectivity index (χ1) is 6.48. The SMILES string of the molecule is C=CC(C)(Cc1cnc(C)s1)C(=O)O. The average molecular weight is 211 g/mol. The standard InChI is InChI=1S/C10H13NO2S/c1-4-10(3,9(12)13)5-8-6-11-7(2)14-8/h4,6H,1,5H2,2-3H3,(H,12,13). The van der Waals surface area contributed by atoms with Crippen molar-refractivity contribution in [3.63, 3.8) is 0 Å². The van der Waals surface area contributed by atoms with Crippen molar-refractivity contribution in [2.24, 2.45) is 5.41 Å².